The zero-order valence-electron chi connectivity index (χ0n) is 12.3. The van der Waals surface area contributed by atoms with Crippen LogP contribution in [-0.2, 0) is 16.6 Å². The van der Waals surface area contributed by atoms with E-state index in [1.54, 1.807) is 7.11 Å². The first-order valence-corrected chi connectivity index (χ1v) is 9.13. The lowest BCUT2D eigenvalue weighted by Crippen LogP contribution is -2.44. The standard InChI is InChI=1S/C14H21ClN2O3S/c1-20-14-4-3-11(9-13(14)15)10-16-12-5-7-17(8-6-12)21(2,18)19/h3-4,9,12,16H,5-8,10H2,1-2H3. The zero-order chi connectivity index (χ0) is 15.5. The first kappa shape index (κ1) is 16.5. The van der Waals surface area contributed by atoms with Crippen molar-refractivity contribution in [3.05, 3.63) is 28.8 Å². The van der Waals surface area contributed by atoms with Crippen LogP contribution in [0.1, 0.15) is 18.4 Å². The predicted octanol–water partition coefficient (Wildman–Crippen LogP) is 1.86. The van der Waals surface area contributed by atoms with Crippen molar-refractivity contribution in [2.24, 2.45) is 0 Å². The van der Waals surface area contributed by atoms with Crippen molar-refractivity contribution in [1.29, 1.82) is 0 Å². The number of halogens is 1. The first-order chi connectivity index (χ1) is 9.90. The minimum atomic E-state index is -3.06. The summed E-state index contributed by atoms with van der Waals surface area (Å²) in [4.78, 5) is 0. The van der Waals surface area contributed by atoms with Gasteiger partial charge in [-0.1, -0.05) is 17.7 Å². The van der Waals surface area contributed by atoms with Gasteiger partial charge in [-0.05, 0) is 30.5 Å². The molecular weight excluding hydrogens is 312 g/mol. The second-order valence-corrected chi connectivity index (χ2v) is 7.68. The molecule has 0 unspecified atom stereocenters. The molecule has 1 saturated heterocycles. The Bertz CT molecular complexity index is 584. The van der Waals surface area contributed by atoms with Crippen LogP contribution < -0.4 is 10.1 Å². The van der Waals surface area contributed by atoms with Crippen LogP contribution in [0.2, 0.25) is 5.02 Å². The van der Waals surface area contributed by atoms with Crippen molar-refractivity contribution in [1.82, 2.24) is 9.62 Å². The summed E-state index contributed by atoms with van der Waals surface area (Å²) < 4.78 is 29.6. The molecule has 1 aromatic carbocycles. The maximum atomic E-state index is 11.4. The molecule has 2 rings (SSSR count). The molecule has 0 bridgehead atoms. The molecule has 21 heavy (non-hydrogen) atoms. The number of sulfonamides is 1. The quantitative estimate of drug-likeness (QED) is 0.894. The van der Waals surface area contributed by atoms with Gasteiger partial charge in [0.15, 0.2) is 0 Å². The zero-order valence-corrected chi connectivity index (χ0v) is 13.9. The van der Waals surface area contributed by atoms with Crippen LogP contribution >= 0.6 is 11.6 Å². The van der Waals surface area contributed by atoms with Crippen LogP contribution in [0.5, 0.6) is 5.75 Å². The molecule has 118 valence electrons. The molecular formula is C14H21ClN2O3S. The second-order valence-electron chi connectivity index (χ2n) is 5.29. The summed E-state index contributed by atoms with van der Waals surface area (Å²) in [5, 5.41) is 4.05. The van der Waals surface area contributed by atoms with Gasteiger partial charge in [0.25, 0.3) is 0 Å². The number of piperidine rings is 1. The van der Waals surface area contributed by atoms with E-state index in [2.05, 4.69) is 5.32 Å². The molecule has 1 N–H and O–H groups in total. The highest BCUT2D eigenvalue weighted by atomic mass is 35.5. The summed E-state index contributed by atoms with van der Waals surface area (Å²) >= 11 is 6.09. The highest BCUT2D eigenvalue weighted by Gasteiger charge is 2.24. The third-order valence-corrected chi connectivity index (χ3v) is 5.33. The van der Waals surface area contributed by atoms with E-state index in [-0.39, 0.29) is 0 Å². The molecule has 0 radical (unpaired) electrons. The lowest BCUT2D eigenvalue weighted by atomic mass is 10.1. The van der Waals surface area contributed by atoms with Crippen LogP contribution in [-0.4, -0.2) is 45.2 Å². The van der Waals surface area contributed by atoms with Crippen molar-refractivity contribution in [2.45, 2.75) is 25.4 Å². The molecule has 0 saturated carbocycles. The van der Waals surface area contributed by atoms with Gasteiger partial charge in [-0.15, -0.1) is 0 Å². The summed E-state index contributed by atoms with van der Waals surface area (Å²) in [6.07, 6.45) is 2.92. The van der Waals surface area contributed by atoms with E-state index in [1.807, 2.05) is 18.2 Å². The summed E-state index contributed by atoms with van der Waals surface area (Å²) in [7, 11) is -1.46. The van der Waals surface area contributed by atoms with E-state index in [4.69, 9.17) is 16.3 Å². The van der Waals surface area contributed by atoms with Crippen LogP contribution in [0.25, 0.3) is 0 Å². The largest absolute Gasteiger partial charge is 0.495 e. The average Bonchev–Trinajstić information content (AvgIpc) is 2.45. The van der Waals surface area contributed by atoms with E-state index in [9.17, 15) is 8.42 Å². The van der Waals surface area contributed by atoms with Crippen LogP contribution in [0.3, 0.4) is 0 Å². The Morgan fingerprint density at radius 1 is 1.38 bits per heavy atom. The van der Waals surface area contributed by atoms with E-state index < -0.39 is 10.0 Å². The fourth-order valence-electron chi connectivity index (χ4n) is 2.47. The Morgan fingerprint density at radius 3 is 2.57 bits per heavy atom. The highest BCUT2D eigenvalue weighted by Crippen LogP contribution is 2.25. The minimum absolute atomic E-state index is 0.337. The van der Waals surface area contributed by atoms with Crippen molar-refractivity contribution >= 4 is 21.6 Å². The van der Waals surface area contributed by atoms with Gasteiger partial charge < -0.3 is 10.1 Å². The smallest absolute Gasteiger partial charge is 0.211 e. The Kier molecular flexibility index (Phi) is 5.48. The molecule has 0 aromatic heterocycles. The van der Waals surface area contributed by atoms with Crippen LogP contribution in [0.15, 0.2) is 18.2 Å². The van der Waals surface area contributed by atoms with E-state index in [0.29, 0.717) is 36.4 Å². The monoisotopic (exact) mass is 332 g/mol. The van der Waals surface area contributed by atoms with Gasteiger partial charge in [-0.2, -0.15) is 0 Å². The second kappa shape index (κ2) is 6.96. The molecule has 0 atom stereocenters. The Hall–Kier alpha value is -0.820. The molecule has 1 aliphatic heterocycles. The molecule has 0 spiro atoms. The molecule has 1 heterocycles. The maximum Gasteiger partial charge on any atom is 0.211 e. The van der Waals surface area contributed by atoms with Crippen molar-refractivity contribution in [3.63, 3.8) is 0 Å². The number of methoxy groups -OCH3 is 1. The average molecular weight is 333 g/mol. The maximum absolute atomic E-state index is 11.4. The van der Waals surface area contributed by atoms with Gasteiger partial charge in [-0.25, -0.2) is 12.7 Å². The summed E-state index contributed by atoms with van der Waals surface area (Å²) in [5.41, 5.74) is 1.09. The van der Waals surface area contributed by atoms with Gasteiger partial charge in [0.2, 0.25) is 10.0 Å². The molecule has 7 heteroatoms. The third-order valence-electron chi connectivity index (χ3n) is 3.73. The SMILES string of the molecule is COc1ccc(CNC2CCN(S(C)(=O)=O)CC2)cc1Cl. The molecule has 1 aromatic rings. The number of benzene rings is 1. The van der Waals surface area contributed by atoms with Crippen molar-refractivity contribution < 1.29 is 13.2 Å². The fraction of sp³-hybridized carbons (Fsp3) is 0.571. The number of hydrogen-bond donors (Lipinski definition) is 1. The number of hydrogen-bond acceptors (Lipinski definition) is 4. The Labute approximate surface area is 131 Å². The number of nitrogens with one attached hydrogen (secondary N) is 1. The lowest BCUT2D eigenvalue weighted by Gasteiger charge is -2.30. The van der Waals surface area contributed by atoms with Gasteiger partial charge >= 0.3 is 0 Å². The van der Waals surface area contributed by atoms with E-state index in [1.165, 1.54) is 10.6 Å². The summed E-state index contributed by atoms with van der Waals surface area (Å²) in [6.45, 7) is 1.88. The molecule has 1 fully saturated rings. The molecule has 0 amide bonds. The molecule has 1 aliphatic rings. The Morgan fingerprint density at radius 2 is 2.05 bits per heavy atom. The van der Waals surface area contributed by atoms with Gasteiger partial charge in [0, 0.05) is 25.7 Å². The van der Waals surface area contributed by atoms with Gasteiger partial charge in [0.05, 0.1) is 18.4 Å². The Balaban J connectivity index is 1.84. The summed E-state index contributed by atoms with van der Waals surface area (Å²) in [6, 6.07) is 6.05. The topological polar surface area (TPSA) is 58.6 Å². The van der Waals surface area contributed by atoms with Gasteiger partial charge in [-0.3, -0.25) is 0 Å². The predicted molar refractivity (Wildman–Crippen MR) is 84.3 cm³/mol. The number of nitrogens with zero attached hydrogens (tertiary/aromatic N) is 1. The van der Waals surface area contributed by atoms with Crippen molar-refractivity contribution in [3.8, 4) is 5.75 Å². The number of rotatable bonds is 5. The molecule has 5 nitrogen and oxygen atoms in total. The van der Waals surface area contributed by atoms with E-state index in [0.717, 1.165) is 18.4 Å². The third kappa shape index (κ3) is 4.57. The summed E-state index contributed by atoms with van der Waals surface area (Å²) in [5.74, 6) is 0.668. The first-order valence-electron chi connectivity index (χ1n) is 6.91. The highest BCUT2D eigenvalue weighted by molar-refractivity contribution is 7.88. The van der Waals surface area contributed by atoms with E-state index >= 15 is 0 Å². The van der Waals surface area contributed by atoms with Gasteiger partial charge in [0.1, 0.15) is 5.75 Å². The number of ether oxygens (including phenoxy) is 1. The van der Waals surface area contributed by atoms with Crippen LogP contribution in [0, 0.1) is 0 Å². The van der Waals surface area contributed by atoms with Crippen molar-refractivity contribution in [2.75, 3.05) is 26.5 Å². The lowest BCUT2D eigenvalue weighted by molar-refractivity contribution is 0.290. The molecule has 0 aliphatic carbocycles. The minimum Gasteiger partial charge on any atom is -0.495 e. The van der Waals surface area contributed by atoms with Crippen LogP contribution in [0.4, 0.5) is 0 Å². The fourth-order valence-corrected chi connectivity index (χ4v) is 3.63. The normalized spacial score (nSPS) is 17.9.